The molecule has 2 aromatic heterocycles. The largest absolute Gasteiger partial charge is 0.436 e. The Bertz CT molecular complexity index is 1470. The summed E-state index contributed by atoms with van der Waals surface area (Å²) < 4.78 is 5.95. The molecule has 0 radical (unpaired) electrons. The number of oxazole rings is 1. The molecule has 0 bridgehead atoms. The maximum atomic E-state index is 5.95. The fraction of sp³-hybridized carbons (Fsp3) is 0. The van der Waals surface area contributed by atoms with Crippen molar-refractivity contribution in [3.05, 3.63) is 116 Å². The van der Waals surface area contributed by atoms with Crippen LogP contribution in [0.5, 0.6) is 0 Å². The van der Waals surface area contributed by atoms with E-state index in [1.54, 1.807) is 6.08 Å². The molecule has 0 aliphatic rings. The van der Waals surface area contributed by atoms with Crippen molar-refractivity contribution in [3.8, 4) is 34.2 Å². The third-order valence-corrected chi connectivity index (χ3v) is 4.95. The molecule has 0 saturated heterocycles. The standard InChI is InChI=1S/C28H20N4O/c1-2-3-4-11-16-25-30-26(20-12-7-5-8-13-20)32-27(31-25)22-17-18-24-23(19-22)29-28(33-24)21-14-9-6-10-15-21/h2-19H,1H2/b4-3-,16-11+. The van der Waals surface area contributed by atoms with E-state index in [2.05, 4.69) is 21.5 Å². The highest BCUT2D eigenvalue weighted by atomic mass is 16.3. The molecule has 33 heavy (non-hydrogen) atoms. The van der Waals surface area contributed by atoms with Gasteiger partial charge in [0.25, 0.3) is 0 Å². The minimum absolute atomic E-state index is 0.567. The van der Waals surface area contributed by atoms with Gasteiger partial charge in [-0.25, -0.2) is 19.9 Å². The Kier molecular flexibility index (Phi) is 5.68. The molecule has 0 unspecified atom stereocenters. The monoisotopic (exact) mass is 428 g/mol. The fourth-order valence-electron chi connectivity index (χ4n) is 3.37. The fourth-order valence-corrected chi connectivity index (χ4v) is 3.37. The lowest BCUT2D eigenvalue weighted by atomic mass is 10.1. The Morgan fingerprint density at radius 2 is 1.33 bits per heavy atom. The molecule has 0 aliphatic heterocycles. The molecule has 0 N–H and O–H groups in total. The molecule has 0 saturated carbocycles. The highest BCUT2D eigenvalue weighted by Gasteiger charge is 2.13. The van der Waals surface area contributed by atoms with E-state index in [-0.39, 0.29) is 0 Å². The van der Waals surface area contributed by atoms with Gasteiger partial charge in [0.2, 0.25) is 5.89 Å². The molecule has 5 heteroatoms. The van der Waals surface area contributed by atoms with Crippen molar-refractivity contribution < 1.29 is 4.42 Å². The van der Waals surface area contributed by atoms with E-state index in [0.717, 1.165) is 22.2 Å². The average molecular weight is 428 g/mol. The molecular formula is C28H20N4O. The Morgan fingerprint density at radius 1 is 0.636 bits per heavy atom. The van der Waals surface area contributed by atoms with Gasteiger partial charge in [-0.05, 0) is 36.4 Å². The molecule has 0 fully saturated rings. The van der Waals surface area contributed by atoms with E-state index in [1.165, 1.54) is 0 Å². The summed E-state index contributed by atoms with van der Waals surface area (Å²) in [6, 6.07) is 25.5. The molecule has 5 nitrogen and oxygen atoms in total. The zero-order valence-corrected chi connectivity index (χ0v) is 17.8. The van der Waals surface area contributed by atoms with Gasteiger partial charge in [0.15, 0.2) is 23.1 Å². The Morgan fingerprint density at radius 3 is 2.06 bits per heavy atom. The number of rotatable bonds is 6. The highest BCUT2D eigenvalue weighted by Crippen LogP contribution is 2.28. The Hall–Kier alpha value is -4.64. The molecule has 0 atom stereocenters. The number of hydrogen-bond acceptors (Lipinski definition) is 5. The van der Waals surface area contributed by atoms with Gasteiger partial charge in [-0.1, -0.05) is 79.4 Å². The molecule has 0 amide bonds. The van der Waals surface area contributed by atoms with Crippen molar-refractivity contribution in [1.29, 1.82) is 0 Å². The predicted molar refractivity (Wildman–Crippen MR) is 132 cm³/mol. The van der Waals surface area contributed by atoms with Crippen LogP contribution in [0, 0.1) is 0 Å². The molecule has 2 heterocycles. The third-order valence-electron chi connectivity index (χ3n) is 4.95. The first kappa shape index (κ1) is 20.3. The number of hydrogen-bond donors (Lipinski definition) is 0. The minimum atomic E-state index is 0.567. The van der Waals surface area contributed by atoms with Crippen LogP contribution in [0.3, 0.4) is 0 Å². The summed E-state index contributed by atoms with van der Waals surface area (Å²) >= 11 is 0. The summed E-state index contributed by atoms with van der Waals surface area (Å²) in [4.78, 5) is 18.7. The van der Waals surface area contributed by atoms with Crippen LogP contribution in [-0.4, -0.2) is 19.9 Å². The number of fused-ring (bicyclic) bond motifs is 1. The van der Waals surface area contributed by atoms with Crippen molar-refractivity contribution in [2.75, 3.05) is 0 Å². The van der Waals surface area contributed by atoms with Crippen molar-refractivity contribution >= 4 is 17.2 Å². The lowest BCUT2D eigenvalue weighted by Crippen LogP contribution is -1.99. The third kappa shape index (κ3) is 4.52. The van der Waals surface area contributed by atoms with E-state index in [1.807, 2.05) is 103 Å². The molecule has 5 aromatic rings. The second-order valence-corrected chi connectivity index (χ2v) is 7.25. The van der Waals surface area contributed by atoms with Crippen LogP contribution >= 0.6 is 0 Å². The smallest absolute Gasteiger partial charge is 0.227 e. The number of nitrogens with zero attached hydrogens (tertiary/aromatic N) is 4. The van der Waals surface area contributed by atoms with Crippen molar-refractivity contribution in [2.24, 2.45) is 0 Å². The Labute approximate surface area is 191 Å². The second kappa shape index (κ2) is 9.24. The topological polar surface area (TPSA) is 64.7 Å². The van der Waals surface area contributed by atoms with E-state index in [4.69, 9.17) is 9.40 Å². The summed E-state index contributed by atoms with van der Waals surface area (Å²) in [6.45, 7) is 3.68. The summed E-state index contributed by atoms with van der Waals surface area (Å²) in [5.74, 6) is 2.33. The van der Waals surface area contributed by atoms with Crippen LogP contribution in [0.1, 0.15) is 5.82 Å². The van der Waals surface area contributed by atoms with Crippen LogP contribution in [0.2, 0.25) is 0 Å². The number of benzene rings is 3. The maximum absolute atomic E-state index is 5.95. The SMILES string of the molecule is C=C/C=C\C=C\c1nc(-c2ccccc2)nc(-c2ccc3oc(-c4ccccc4)nc3c2)n1. The van der Waals surface area contributed by atoms with Gasteiger partial charge in [-0.3, -0.25) is 0 Å². The number of allylic oxidation sites excluding steroid dienone is 4. The first-order valence-corrected chi connectivity index (χ1v) is 10.5. The summed E-state index contributed by atoms with van der Waals surface area (Å²) in [7, 11) is 0. The van der Waals surface area contributed by atoms with E-state index < -0.39 is 0 Å². The van der Waals surface area contributed by atoms with E-state index >= 15 is 0 Å². The molecule has 158 valence electrons. The van der Waals surface area contributed by atoms with Crippen LogP contribution in [0.25, 0.3) is 51.4 Å². The lowest BCUT2D eigenvalue weighted by molar-refractivity contribution is 0.620. The molecular weight excluding hydrogens is 408 g/mol. The molecule has 5 rings (SSSR count). The predicted octanol–water partition coefficient (Wildman–Crippen LogP) is 6.77. The van der Waals surface area contributed by atoms with Crippen LogP contribution in [-0.2, 0) is 0 Å². The van der Waals surface area contributed by atoms with Crippen molar-refractivity contribution in [3.63, 3.8) is 0 Å². The summed E-state index contributed by atoms with van der Waals surface area (Å²) in [5.41, 5.74) is 4.16. The van der Waals surface area contributed by atoms with Gasteiger partial charge in [0, 0.05) is 16.7 Å². The van der Waals surface area contributed by atoms with Gasteiger partial charge in [-0.2, -0.15) is 0 Å². The van der Waals surface area contributed by atoms with E-state index in [0.29, 0.717) is 28.9 Å². The molecule has 3 aromatic carbocycles. The second-order valence-electron chi connectivity index (χ2n) is 7.25. The van der Waals surface area contributed by atoms with Gasteiger partial charge in [-0.15, -0.1) is 0 Å². The summed E-state index contributed by atoms with van der Waals surface area (Å²) in [5, 5.41) is 0. The van der Waals surface area contributed by atoms with Crippen molar-refractivity contribution in [1.82, 2.24) is 19.9 Å². The maximum Gasteiger partial charge on any atom is 0.227 e. The van der Waals surface area contributed by atoms with Gasteiger partial charge >= 0.3 is 0 Å². The van der Waals surface area contributed by atoms with Gasteiger partial charge < -0.3 is 4.42 Å². The quantitative estimate of drug-likeness (QED) is 0.279. The van der Waals surface area contributed by atoms with Gasteiger partial charge in [0.05, 0.1) is 0 Å². The minimum Gasteiger partial charge on any atom is -0.436 e. The van der Waals surface area contributed by atoms with Crippen LogP contribution in [0.4, 0.5) is 0 Å². The lowest BCUT2D eigenvalue weighted by Gasteiger charge is -2.06. The van der Waals surface area contributed by atoms with Crippen LogP contribution < -0.4 is 0 Å². The van der Waals surface area contributed by atoms with E-state index in [9.17, 15) is 0 Å². The zero-order chi connectivity index (χ0) is 22.5. The van der Waals surface area contributed by atoms with Crippen LogP contribution in [0.15, 0.2) is 114 Å². The first-order chi connectivity index (χ1) is 16.3. The normalized spacial score (nSPS) is 11.5. The Balaban J connectivity index is 1.59. The molecule has 0 aliphatic carbocycles. The van der Waals surface area contributed by atoms with Crippen molar-refractivity contribution in [2.45, 2.75) is 0 Å². The average Bonchev–Trinajstić information content (AvgIpc) is 3.31. The first-order valence-electron chi connectivity index (χ1n) is 10.5. The highest BCUT2D eigenvalue weighted by molar-refractivity contribution is 5.81. The molecule has 0 spiro atoms. The summed E-state index contributed by atoms with van der Waals surface area (Å²) in [6.07, 6.45) is 9.17. The number of aromatic nitrogens is 4. The van der Waals surface area contributed by atoms with Gasteiger partial charge in [0.1, 0.15) is 5.52 Å². The zero-order valence-electron chi connectivity index (χ0n) is 17.8.